The van der Waals surface area contributed by atoms with E-state index in [9.17, 15) is 10.1 Å². The second kappa shape index (κ2) is 8.10. The number of nitro benzene ring substituents is 1. The van der Waals surface area contributed by atoms with Gasteiger partial charge in [0.1, 0.15) is 5.69 Å². The summed E-state index contributed by atoms with van der Waals surface area (Å²) in [6.07, 6.45) is 0. The number of hydrogen-bond acceptors (Lipinski definition) is 5. The van der Waals surface area contributed by atoms with E-state index in [1.165, 1.54) is 17.4 Å². The van der Waals surface area contributed by atoms with Crippen LogP contribution in [0.1, 0.15) is 5.56 Å². The van der Waals surface area contributed by atoms with Crippen LogP contribution in [0.25, 0.3) is 10.6 Å². The lowest BCUT2D eigenvalue weighted by molar-refractivity contribution is -0.384. The number of benzene rings is 2. The van der Waals surface area contributed by atoms with E-state index in [1.54, 1.807) is 29.5 Å². The topological polar surface area (TPSA) is 60.4 Å². The summed E-state index contributed by atoms with van der Waals surface area (Å²) in [6, 6.07) is 18.2. The maximum atomic E-state index is 11.3. The molecule has 0 saturated carbocycles. The van der Waals surface area contributed by atoms with Crippen LogP contribution in [-0.4, -0.2) is 9.49 Å². The Morgan fingerprint density at radius 2 is 1.93 bits per heavy atom. The van der Waals surface area contributed by atoms with Crippen molar-refractivity contribution < 1.29 is 4.92 Å². The molecule has 5 nitrogen and oxygen atoms in total. The summed E-state index contributed by atoms with van der Waals surface area (Å²) in [5.74, 6) is 0. The average Bonchev–Trinajstić information content (AvgIpc) is 3.33. The first kappa shape index (κ1) is 18.6. The molecule has 0 N–H and O–H groups in total. The lowest BCUT2D eigenvalue weighted by Gasteiger charge is -2.08. The van der Waals surface area contributed by atoms with Crippen LogP contribution in [0.4, 0.5) is 11.4 Å². The fourth-order valence-electron chi connectivity index (χ4n) is 2.83. The number of hydrogen-bond donors (Lipinski definition) is 0. The summed E-state index contributed by atoms with van der Waals surface area (Å²) in [7, 11) is 0. The summed E-state index contributed by atoms with van der Waals surface area (Å²) < 4.78 is 2.07. The second-order valence-electron chi connectivity index (χ2n) is 5.95. The minimum atomic E-state index is -0.409. The van der Waals surface area contributed by atoms with Gasteiger partial charge in [-0.2, -0.15) is 0 Å². The van der Waals surface area contributed by atoms with E-state index in [0.717, 1.165) is 16.1 Å². The lowest BCUT2D eigenvalue weighted by atomic mass is 10.2. The molecule has 0 radical (unpaired) electrons. The monoisotopic (exact) mass is 427 g/mol. The van der Waals surface area contributed by atoms with E-state index in [1.807, 2.05) is 41.1 Å². The second-order valence-corrected chi connectivity index (χ2v) is 8.18. The van der Waals surface area contributed by atoms with E-state index < -0.39 is 4.92 Å². The molecule has 0 saturated heterocycles. The zero-order valence-electron chi connectivity index (χ0n) is 14.5. The quantitative estimate of drug-likeness (QED) is 0.284. The summed E-state index contributed by atoms with van der Waals surface area (Å²) in [6.45, 7) is 0.566. The van der Waals surface area contributed by atoms with Crippen molar-refractivity contribution in [1.29, 1.82) is 0 Å². The van der Waals surface area contributed by atoms with Gasteiger partial charge < -0.3 is 4.57 Å². The molecule has 0 aliphatic rings. The molecular weight excluding hydrogens is 414 g/mol. The number of thiazole rings is 1. The molecule has 0 fully saturated rings. The molecule has 8 heteroatoms. The summed E-state index contributed by atoms with van der Waals surface area (Å²) >= 11 is 9.25. The van der Waals surface area contributed by atoms with Crippen molar-refractivity contribution in [3.05, 3.63) is 96.9 Å². The Bertz CT molecular complexity index is 1200. The molecule has 2 aromatic heterocycles. The Kier molecular flexibility index (Phi) is 5.38. The number of rotatable bonds is 5. The molecule has 0 atom stereocenters. The van der Waals surface area contributed by atoms with Gasteiger partial charge in [0.15, 0.2) is 4.80 Å². The number of aromatic nitrogens is 1. The summed E-state index contributed by atoms with van der Waals surface area (Å²) in [5, 5.41) is 16.1. The Hall–Kier alpha value is -2.74. The molecule has 4 rings (SSSR count). The highest BCUT2D eigenvalue weighted by atomic mass is 35.5. The van der Waals surface area contributed by atoms with Crippen molar-refractivity contribution in [2.75, 3.05) is 0 Å². The molecule has 2 aromatic carbocycles. The molecule has 0 amide bonds. The van der Waals surface area contributed by atoms with Crippen LogP contribution in [0.3, 0.4) is 0 Å². The van der Waals surface area contributed by atoms with Gasteiger partial charge in [-0.25, -0.2) is 4.99 Å². The predicted octanol–water partition coefficient (Wildman–Crippen LogP) is 6.12. The molecule has 0 spiro atoms. The van der Waals surface area contributed by atoms with Gasteiger partial charge in [0.05, 0.1) is 22.0 Å². The van der Waals surface area contributed by atoms with E-state index in [0.29, 0.717) is 22.1 Å². The Balaban J connectivity index is 1.88. The van der Waals surface area contributed by atoms with Crippen LogP contribution in [0.2, 0.25) is 5.02 Å². The first-order valence-corrected chi connectivity index (χ1v) is 10.5. The normalized spacial score (nSPS) is 11.7. The van der Waals surface area contributed by atoms with Gasteiger partial charge in [-0.3, -0.25) is 10.1 Å². The fourth-order valence-corrected chi connectivity index (χ4v) is 4.78. The van der Waals surface area contributed by atoms with Crippen LogP contribution in [0.15, 0.2) is 76.4 Å². The standard InChI is InChI=1S/C20H14ClN3O2S2/c21-15-6-3-5-14(11-15)12-23-18(19-9-4-10-27-19)13-28-20(23)22-16-7-1-2-8-17(16)24(25)26/h1-11,13H,12H2. The summed E-state index contributed by atoms with van der Waals surface area (Å²) in [4.78, 5) is 17.4. The molecule has 140 valence electrons. The highest BCUT2D eigenvalue weighted by Gasteiger charge is 2.14. The molecule has 0 bridgehead atoms. The fraction of sp³-hybridized carbons (Fsp3) is 0.0500. The maximum absolute atomic E-state index is 11.3. The third-order valence-electron chi connectivity index (χ3n) is 4.10. The number of halogens is 1. The first-order valence-electron chi connectivity index (χ1n) is 8.36. The van der Waals surface area contributed by atoms with E-state index >= 15 is 0 Å². The molecule has 0 aliphatic carbocycles. The number of para-hydroxylation sites is 2. The van der Waals surface area contributed by atoms with Crippen molar-refractivity contribution in [2.45, 2.75) is 6.54 Å². The highest BCUT2D eigenvalue weighted by molar-refractivity contribution is 7.14. The van der Waals surface area contributed by atoms with E-state index in [2.05, 4.69) is 15.6 Å². The van der Waals surface area contributed by atoms with Gasteiger partial charge >= 0.3 is 0 Å². The van der Waals surface area contributed by atoms with Gasteiger partial charge in [0, 0.05) is 16.5 Å². The van der Waals surface area contributed by atoms with E-state index in [4.69, 9.17) is 11.6 Å². The van der Waals surface area contributed by atoms with Gasteiger partial charge in [-0.15, -0.1) is 22.7 Å². The number of nitrogens with zero attached hydrogens (tertiary/aromatic N) is 3. The Morgan fingerprint density at radius 1 is 1.07 bits per heavy atom. The Morgan fingerprint density at radius 3 is 2.68 bits per heavy atom. The van der Waals surface area contributed by atoms with Crippen LogP contribution in [0.5, 0.6) is 0 Å². The zero-order chi connectivity index (χ0) is 19.5. The lowest BCUT2D eigenvalue weighted by Crippen LogP contribution is -2.16. The molecule has 0 aliphatic heterocycles. The zero-order valence-corrected chi connectivity index (χ0v) is 16.9. The number of nitro groups is 1. The molecule has 28 heavy (non-hydrogen) atoms. The van der Waals surface area contributed by atoms with Crippen LogP contribution >= 0.6 is 34.3 Å². The van der Waals surface area contributed by atoms with Crippen molar-refractivity contribution in [3.63, 3.8) is 0 Å². The Labute approximate surface area is 174 Å². The minimum absolute atomic E-state index is 0.0112. The minimum Gasteiger partial charge on any atom is -0.311 e. The summed E-state index contributed by atoms with van der Waals surface area (Å²) in [5.41, 5.74) is 2.39. The molecule has 0 unspecified atom stereocenters. The van der Waals surface area contributed by atoms with Crippen LogP contribution in [-0.2, 0) is 6.54 Å². The average molecular weight is 428 g/mol. The predicted molar refractivity (Wildman–Crippen MR) is 114 cm³/mol. The third kappa shape index (κ3) is 3.91. The highest BCUT2D eigenvalue weighted by Crippen LogP contribution is 2.28. The van der Waals surface area contributed by atoms with Crippen LogP contribution < -0.4 is 4.80 Å². The largest absolute Gasteiger partial charge is 0.311 e. The van der Waals surface area contributed by atoms with Crippen LogP contribution in [0, 0.1) is 10.1 Å². The SMILES string of the molecule is O=[N+]([O-])c1ccccc1N=c1scc(-c2cccs2)n1Cc1cccc(Cl)c1. The molecule has 2 heterocycles. The van der Waals surface area contributed by atoms with Crippen molar-refractivity contribution >= 4 is 45.6 Å². The van der Waals surface area contributed by atoms with Gasteiger partial charge in [-0.1, -0.05) is 41.9 Å². The molecule has 4 aromatic rings. The first-order chi connectivity index (χ1) is 13.6. The van der Waals surface area contributed by atoms with Crippen molar-refractivity contribution in [2.24, 2.45) is 4.99 Å². The maximum Gasteiger partial charge on any atom is 0.294 e. The van der Waals surface area contributed by atoms with Gasteiger partial charge in [0.2, 0.25) is 0 Å². The van der Waals surface area contributed by atoms with Crippen molar-refractivity contribution in [1.82, 2.24) is 4.57 Å². The molecular formula is C20H14ClN3O2S2. The number of thiophene rings is 1. The van der Waals surface area contributed by atoms with Gasteiger partial charge in [-0.05, 0) is 35.2 Å². The van der Waals surface area contributed by atoms with Crippen molar-refractivity contribution in [3.8, 4) is 10.6 Å². The smallest absolute Gasteiger partial charge is 0.294 e. The third-order valence-corrected chi connectivity index (χ3v) is 6.09. The van der Waals surface area contributed by atoms with Gasteiger partial charge in [0.25, 0.3) is 5.69 Å². The van der Waals surface area contributed by atoms with E-state index in [-0.39, 0.29) is 5.69 Å².